The molecule has 17 heavy (non-hydrogen) atoms. The quantitative estimate of drug-likeness (QED) is 0.794. The molecule has 1 aromatic carbocycles. The van der Waals surface area contributed by atoms with Crippen LogP contribution < -0.4 is 4.74 Å². The third-order valence-corrected chi connectivity index (χ3v) is 2.88. The van der Waals surface area contributed by atoms with Crippen molar-refractivity contribution in [3.05, 3.63) is 34.4 Å². The minimum Gasteiger partial charge on any atom is -0.496 e. The summed E-state index contributed by atoms with van der Waals surface area (Å²) >= 11 is 3.11. The molecule has 2 aromatic rings. The molecule has 0 atom stereocenters. The van der Waals surface area contributed by atoms with Crippen molar-refractivity contribution in [1.82, 2.24) is 4.98 Å². The van der Waals surface area contributed by atoms with Crippen molar-refractivity contribution in [2.24, 2.45) is 0 Å². The number of benzene rings is 1. The average Bonchev–Trinajstić information content (AvgIpc) is 2.26. The lowest BCUT2D eigenvalue weighted by atomic mass is 10.2. The fraction of sp³-hybridized carbons (Fsp3) is 0.182. The second kappa shape index (κ2) is 4.18. The third kappa shape index (κ3) is 2.22. The second-order valence-electron chi connectivity index (χ2n) is 3.34. The van der Waals surface area contributed by atoms with Crippen LogP contribution in [0.2, 0.25) is 0 Å². The van der Waals surface area contributed by atoms with Crippen LogP contribution in [0.3, 0.4) is 0 Å². The number of hydrogen-bond donors (Lipinski definition) is 0. The van der Waals surface area contributed by atoms with E-state index in [0.717, 1.165) is 6.07 Å². The molecule has 1 heterocycles. The fourth-order valence-electron chi connectivity index (χ4n) is 1.52. The maximum atomic E-state index is 12.6. The lowest BCUT2D eigenvalue weighted by Crippen LogP contribution is -2.08. The Morgan fingerprint density at radius 3 is 2.59 bits per heavy atom. The number of ether oxygens (including phenoxy) is 1. The number of rotatable bonds is 1. The van der Waals surface area contributed by atoms with Gasteiger partial charge in [-0.05, 0) is 34.1 Å². The first-order valence-electron chi connectivity index (χ1n) is 4.64. The number of nitrogens with zero attached hydrogens (tertiary/aromatic N) is 1. The number of aromatic nitrogens is 1. The molecule has 0 spiro atoms. The van der Waals surface area contributed by atoms with Crippen LogP contribution in [0.1, 0.15) is 5.69 Å². The van der Waals surface area contributed by atoms with Crippen molar-refractivity contribution in [2.45, 2.75) is 6.18 Å². The van der Waals surface area contributed by atoms with Crippen LogP contribution in [0.15, 0.2) is 28.7 Å². The summed E-state index contributed by atoms with van der Waals surface area (Å²) in [5.41, 5.74) is -0.684. The topological polar surface area (TPSA) is 22.1 Å². The van der Waals surface area contributed by atoms with E-state index in [1.165, 1.54) is 13.2 Å². The molecule has 0 fully saturated rings. The predicted octanol–water partition coefficient (Wildman–Crippen LogP) is 4.02. The second-order valence-corrected chi connectivity index (χ2v) is 4.20. The van der Waals surface area contributed by atoms with Gasteiger partial charge in [0.2, 0.25) is 0 Å². The van der Waals surface area contributed by atoms with Crippen molar-refractivity contribution < 1.29 is 17.9 Å². The van der Waals surface area contributed by atoms with E-state index in [1.54, 1.807) is 12.1 Å². The lowest BCUT2D eigenvalue weighted by molar-refractivity contribution is -0.141. The number of halogens is 4. The van der Waals surface area contributed by atoms with Crippen LogP contribution >= 0.6 is 15.9 Å². The lowest BCUT2D eigenvalue weighted by Gasteiger charge is -2.10. The van der Waals surface area contributed by atoms with Crippen molar-refractivity contribution >= 4 is 26.8 Å². The number of fused-ring (bicyclic) bond motifs is 1. The predicted molar refractivity (Wildman–Crippen MR) is 61.0 cm³/mol. The first kappa shape index (κ1) is 12.2. The van der Waals surface area contributed by atoms with Gasteiger partial charge in [-0.3, -0.25) is 0 Å². The Labute approximate surface area is 104 Å². The largest absolute Gasteiger partial charge is 0.496 e. The molecule has 0 saturated heterocycles. The summed E-state index contributed by atoms with van der Waals surface area (Å²) in [5.74, 6) is 0.482. The van der Waals surface area contributed by atoms with Crippen molar-refractivity contribution in [1.29, 1.82) is 0 Å². The zero-order chi connectivity index (χ0) is 12.6. The molecule has 0 saturated carbocycles. The summed E-state index contributed by atoms with van der Waals surface area (Å²) in [7, 11) is 1.46. The molecular formula is C11H7BrF3NO. The van der Waals surface area contributed by atoms with Gasteiger partial charge in [-0.15, -0.1) is 0 Å². The minimum absolute atomic E-state index is 0.242. The molecule has 0 amide bonds. The highest BCUT2D eigenvalue weighted by Crippen LogP contribution is 2.36. The molecule has 0 N–H and O–H groups in total. The van der Waals surface area contributed by atoms with E-state index >= 15 is 0 Å². The standard InChI is InChI=1S/C11H7BrF3NO/c1-17-8-4-2-3-7-10(8)6(12)5-9(16-7)11(13,14)15/h2-5H,1H3. The highest BCUT2D eigenvalue weighted by Gasteiger charge is 2.33. The Balaban J connectivity index is 2.76. The Morgan fingerprint density at radius 1 is 1.29 bits per heavy atom. The summed E-state index contributed by atoms with van der Waals surface area (Å²) in [6.07, 6.45) is -4.46. The Bertz CT molecular complexity index is 568. The van der Waals surface area contributed by atoms with Gasteiger partial charge < -0.3 is 4.74 Å². The number of methoxy groups -OCH3 is 1. The van der Waals surface area contributed by atoms with E-state index in [2.05, 4.69) is 20.9 Å². The Hall–Kier alpha value is -1.30. The minimum atomic E-state index is -4.46. The van der Waals surface area contributed by atoms with E-state index in [0.29, 0.717) is 15.6 Å². The van der Waals surface area contributed by atoms with Gasteiger partial charge in [0.05, 0.1) is 18.0 Å². The van der Waals surface area contributed by atoms with Gasteiger partial charge in [-0.2, -0.15) is 13.2 Å². The Morgan fingerprint density at radius 2 is 2.00 bits per heavy atom. The van der Waals surface area contributed by atoms with E-state index in [-0.39, 0.29) is 5.52 Å². The average molecular weight is 306 g/mol. The molecule has 90 valence electrons. The monoisotopic (exact) mass is 305 g/mol. The number of hydrogen-bond acceptors (Lipinski definition) is 2. The molecule has 2 rings (SSSR count). The molecule has 0 aliphatic heterocycles. The summed E-state index contributed by atoms with van der Waals surface area (Å²) in [6, 6.07) is 5.73. The van der Waals surface area contributed by atoms with E-state index in [1.807, 2.05) is 0 Å². The first-order valence-corrected chi connectivity index (χ1v) is 5.43. The molecule has 0 bridgehead atoms. The smallest absolute Gasteiger partial charge is 0.433 e. The van der Waals surface area contributed by atoms with Gasteiger partial charge in [0.25, 0.3) is 0 Å². The molecule has 0 aliphatic carbocycles. The number of pyridine rings is 1. The first-order chi connectivity index (χ1) is 7.93. The zero-order valence-electron chi connectivity index (χ0n) is 8.68. The van der Waals surface area contributed by atoms with E-state index in [9.17, 15) is 13.2 Å². The van der Waals surface area contributed by atoms with Crippen LogP contribution in [0, 0.1) is 0 Å². The van der Waals surface area contributed by atoms with Gasteiger partial charge >= 0.3 is 6.18 Å². The van der Waals surface area contributed by atoms with Crippen LogP contribution in [0.4, 0.5) is 13.2 Å². The summed E-state index contributed by atoms with van der Waals surface area (Å²) in [6.45, 7) is 0. The maximum Gasteiger partial charge on any atom is 0.433 e. The van der Waals surface area contributed by atoms with Crippen LogP contribution in [-0.2, 0) is 6.18 Å². The van der Waals surface area contributed by atoms with Gasteiger partial charge in [0.15, 0.2) is 0 Å². The van der Waals surface area contributed by atoms with Crippen LogP contribution in [-0.4, -0.2) is 12.1 Å². The van der Waals surface area contributed by atoms with Crippen LogP contribution in [0.5, 0.6) is 5.75 Å². The summed E-state index contributed by atoms with van der Waals surface area (Å²) in [4.78, 5) is 3.58. The highest BCUT2D eigenvalue weighted by atomic mass is 79.9. The molecule has 6 heteroatoms. The molecule has 0 aliphatic rings. The van der Waals surface area contributed by atoms with Gasteiger partial charge in [-0.25, -0.2) is 4.98 Å². The zero-order valence-corrected chi connectivity index (χ0v) is 10.3. The fourth-order valence-corrected chi connectivity index (χ4v) is 2.14. The maximum absolute atomic E-state index is 12.6. The van der Waals surface area contributed by atoms with E-state index < -0.39 is 11.9 Å². The summed E-state index contributed by atoms with van der Waals surface area (Å²) in [5, 5.41) is 0.531. The molecule has 0 unspecified atom stereocenters. The molecular weight excluding hydrogens is 299 g/mol. The van der Waals surface area contributed by atoms with Crippen molar-refractivity contribution in [3.8, 4) is 5.75 Å². The van der Waals surface area contributed by atoms with Crippen LogP contribution in [0.25, 0.3) is 10.9 Å². The Kier molecular flexibility index (Phi) is 2.99. The van der Waals surface area contributed by atoms with Gasteiger partial charge in [0.1, 0.15) is 11.4 Å². The number of alkyl halides is 3. The van der Waals surface area contributed by atoms with Crippen molar-refractivity contribution in [3.63, 3.8) is 0 Å². The molecule has 0 radical (unpaired) electrons. The normalized spacial score (nSPS) is 11.8. The third-order valence-electron chi connectivity index (χ3n) is 2.26. The van der Waals surface area contributed by atoms with Gasteiger partial charge in [-0.1, -0.05) is 6.07 Å². The molecule has 2 nitrogen and oxygen atoms in total. The highest BCUT2D eigenvalue weighted by molar-refractivity contribution is 9.10. The van der Waals surface area contributed by atoms with Crippen molar-refractivity contribution in [2.75, 3.05) is 7.11 Å². The molecule has 1 aromatic heterocycles. The van der Waals surface area contributed by atoms with Gasteiger partial charge in [0, 0.05) is 4.47 Å². The van der Waals surface area contributed by atoms with E-state index in [4.69, 9.17) is 4.74 Å². The SMILES string of the molecule is COc1cccc2nc(C(F)(F)F)cc(Br)c12. The summed E-state index contributed by atoms with van der Waals surface area (Å²) < 4.78 is 43.1.